The smallest absolute Gasteiger partial charge is 0.261 e. The van der Waals surface area contributed by atoms with Gasteiger partial charge in [0.25, 0.3) is 10.0 Å². The minimum Gasteiger partial charge on any atom is -0.491 e. The maximum Gasteiger partial charge on any atom is 0.261 e. The first-order chi connectivity index (χ1) is 11.0. The summed E-state index contributed by atoms with van der Waals surface area (Å²) in [5.74, 6) is -0.510. The van der Waals surface area contributed by atoms with Crippen molar-refractivity contribution >= 4 is 15.7 Å². The van der Waals surface area contributed by atoms with E-state index in [1.165, 1.54) is 12.1 Å². The molecule has 0 aliphatic heterocycles. The summed E-state index contributed by atoms with van der Waals surface area (Å²) in [4.78, 5) is 0.145. The Hall–Kier alpha value is -2.08. The van der Waals surface area contributed by atoms with Gasteiger partial charge in [-0.05, 0) is 43.2 Å². The lowest BCUT2D eigenvalue weighted by atomic mass is 10.1. The molecule has 0 aliphatic rings. The summed E-state index contributed by atoms with van der Waals surface area (Å²) in [6.07, 6.45) is 1.90. The molecule has 0 radical (unpaired) electrons. The van der Waals surface area contributed by atoms with E-state index in [-0.39, 0.29) is 16.3 Å². The van der Waals surface area contributed by atoms with Crippen LogP contribution in [0.25, 0.3) is 0 Å². The van der Waals surface area contributed by atoms with Gasteiger partial charge in [0.1, 0.15) is 0 Å². The van der Waals surface area contributed by atoms with Crippen molar-refractivity contribution in [3.8, 4) is 5.75 Å². The van der Waals surface area contributed by atoms with Crippen molar-refractivity contribution in [1.29, 1.82) is 0 Å². The van der Waals surface area contributed by atoms with E-state index in [2.05, 4.69) is 11.6 Å². The Morgan fingerprint density at radius 3 is 2.35 bits per heavy atom. The van der Waals surface area contributed by atoms with Crippen LogP contribution in [0, 0.1) is 5.82 Å². The lowest BCUT2D eigenvalue weighted by Crippen LogP contribution is -2.13. The molecule has 0 aromatic heterocycles. The summed E-state index contributed by atoms with van der Waals surface area (Å²) in [6, 6.07) is 10.7. The van der Waals surface area contributed by atoms with Crippen molar-refractivity contribution in [3.63, 3.8) is 0 Å². The molecular weight excluding hydrogens is 317 g/mol. The van der Waals surface area contributed by atoms with Gasteiger partial charge < -0.3 is 4.74 Å². The van der Waals surface area contributed by atoms with Crippen LogP contribution in [0.5, 0.6) is 5.75 Å². The van der Waals surface area contributed by atoms with Crippen molar-refractivity contribution in [1.82, 2.24) is 0 Å². The van der Waals surface area contributed by atoms with Gasteiger partial charge in [-0.2, -0.15) is 0 Å². The Bertz CT molecular complexity index is 758. The van der Waals surface area contributed by atoms with Crippen LogP contribution in [0.4, 0.5) is 10.1 Å². The Balaban J connectivity index is 2.19. The molecule has 4 nitrogen and oxygen atoms in total. The molecule has 1 N–H and O–H groups in total. The summed E-state index contributed by atoms with van der Waals surface area (Å²) < 4.78 is 45.9. The summed E-state index contributed by atoms with van der Waals surface area (Å²) in [5, 5.41) is 0. The second kappa shape index (κ2) is 7.46. The van der Waals surface area contributed by atoms with Crippen molar-refractivity contribution in [2.75, 3.05) is 11.3 Å². The molecule has 6 heteroatoms. The van der Waals surface area contributed by atoms with E-state index in [0.717, 1.165) is 24.5 Å². The van der Waals surface area contributed by atoms with E-state index < -0.39 is 15.8 Å². The van der Waals surface area contributed by atoms with E-state index >= 15 is 0 Å². The molecule has 0 saturated heterocycles. The summed E-state index contributed by atoms with van der Waals surface area (Å²) >= 11 is 0. The minimum absolute atomic E-state index is 0.0966. The molecule has 2 rings (SSSR count). The first-order valence-corrected chi connectivity index (χ1v) is 8.98. The van der Waals surface area contributed by atoms with Crippen molar-refractivity contribution in [3.05, 3.63) is 53.8 Å². The highest BCUT2D eigenvalue weighted by Gasteiger charge is 2.15. The van der Waals surface area contributed by atoms with Gasteiger partial charge in [0.2, 0.25) is 0 Å². The third-order valence-electron chi connectivity index (χ3n) is 3.26. The number of sulfonamides is 1. The van der Waals surface area contributed by atoms with Crippen LogP contribution < -0.4 is 9.46 Å². The first kappa shape index (κ1) is 17.3. The van der Waals surface area contributed by atoms with Gasteiger partial charge in [-0.3, -0.25) is 4.72 Å². The van der Waals surface area contributed by atoms with Gasteiger partial charge in [0.15, 0.2) is 11.6 Å². The highest BCUT2D eigenvalue weighted by atomic mass is 32.2. The third kappa shape index (κ3) is 4.45. The zero-order valence-electron chi connectivity index (χ0n) is 13.2. The Kier molecular flexibility index (Phi) is 5.60. The molecular formula is C17H20FNO3S. The van der Waals surface area contributed by atoms with E-state index in [4.69, 9.17) is 4.74 Å². The summed E-state index contributed by atoms with van der Waals surface area (Å²) in [7, 11) is -3.74. The van der Waals surface area contributed by atoms with Crippen LogP contribution in [0.1, 0.15) is 25.8 Å². The number of hydrogen-bond donors (Lipinski definition) is 1. The third-order valence-corrected chi connectivity index (χ3v) is 4.65. The molecule has 0 bridgehead atoms. The molecule has 124 valence electrons. The summed E-state index contributed by atoms with van der Waals surface area (Å²) in [6.45, 7) is 4.15. The molecule has 2 aromatic rings. The number of aryl methyl sites for hydroxylation is 1. The van der Waals surface area contributed by atoms with Gasteiger partial charge in [-0.15, -0.1) is 0 Å². The van der Waals surface area contributed by atoms with E-state index in [1.807, 2.05) is 0 Å². The van der Waals surface area contributed by atoms with E-state index in [0.29, 0.717) is 6.61 Å². The van der Waals surface area contributed by atoms with Gasteiger partial charge in [-0.1, -0.05) is 25.5 Å². The topological polar surface area (TPSA) is 55.4 Å². The van der Waals surface area contributed by atoms with Crippen LogP contribution in [0.3, 0.4) is 0 Å². The maximum absolute atomic E-state index is 13.8. The predicted molar refractivity (Wildman–Crippen MR) is 88.8 cm³/mol. The highest BCUT2D eigenvalue weighted by Crippen LogP contribution is 2.23. The average Bonchev–Trinajstić information content (AvgIpc) is 2.51. The number of rotatable bonds is 7. The lowest BCUT2D eigenvalue weighted by Gasteiger charge is -2.10. The van der Waals surface area contributed by atoms with Gasteiger partial charge in [0, 0.05) is 6.07 Å². The monoisotopic (exact) mass is 337 g/mol. The molecule has 0 atom stereocenters. The van der Waals surface area contributed by atoms with Gasteiger partial charge >= 0.3 is 0 Å². The fourth-order valence-electron chi connectivity index (χ4n) is 2.17. The van der Waals surface area contributed by atoms with Gasteiger partial charge in [0.05, 0.1) is 17.2 Å². The summed E-state index contributed by atoms with van der Waals surface area (Å²) in [5.41, 5.74) is 1.24. The minimum atomic E-state index is -3.74. The Labute approximate surface area is 136 Å². The molecule has 2 aromatic carbocycles. The van der Waals surface area contributed by atoms with E-state index in [1.54, 1.807) is 31.2 Å². The van der Waals surface area contributed by atoms with Crippen molar-refractivity contribution < 1.29 is 17.5 Å². The van der Waals surface area contributed by atoms with Crippen LogP contribution in [0.2, 0.25) is 0 Å². The number of hydrogen-bond acceptors (Lipinski definition) is 3. The fourth-order valence-corrected chi connectivity index (χ4v) is 3.22. The van der Waals surface area contributed by atoms with E-state index in [9.17, 15) is 12.8 Å². The van der Waals surface area contributed by atoms with Crippen molar-refractivity contribution in [2.45, 2.75) is 31.6 Å². The zero-order valence-corrected chi connectivity index (χ0v) is 14.0. The Morgan fingerprint density at radius 1 is 1.09 bits per heavy atom. The van der Waals surface area contributed by atoms with Crippen LogP contribution >= 0.6 is 0 Å². The van der Waals surface area contributed by atoms with Crippen LogP contribution in [-0.2, 0) is 16.4 Å². The quantitative estimate of drug-likeness (QED) is 0.831. The fraction of sp³-hybridized carbons (Fsp3) is 0.294. The second-order valence-electron chi connectivity index (χ2n) is 5.08. The number of ether oxygens (including phenoxy) is 1. The zero-order chi connectivity index (χ0) is 16.9. The first-order valence-electron chi connectivity index (χ1n) is 7.50. The van der Waals surface area contributed by atoms with Gasteiger partial charge in [-0.25, -0.2) is 12.8 Å². The van der Waals surface area contributed by atoms with Crippen LogP contribution in [0.15, 0.2) is 47.4 Å². The molecule has 0 amide bonds. The van der Waals surface area contributed by atoms with Crippen molar-refractivity contribution in [2.24, 2.45) is 0 Å². The molecule has 0 aliphatic carbocycles. The molecule has 0 saturated carbocycles. The number of anilines is 1. The second-order valence-corrected chi connectivity index (χ2v) is 6.76. The average molecular weight is 337 g/mol. The number of benzene rings is 2. The SMILES string of the molecule is CCCc1ccc(S(=O)(=O)Nc2ccc(OCC)c(F)c2)cc1. The maximum atomic E-state index is 13.8. The Morgan fingerprint density at radius 2 is 1.78 bits per heavy atom. The molecule has 0 fully saturated rings. The lowest BCUT2D eigenvalue weighted by molar-refractivity contribution is 0.321. The normalized spacial score (nSPS) is 11.3. The number of nitrogens with one attached hydrogen (secondary N) is 1. The van der Waals surface area contributed by atoms with Crippen LogP contribution in [-0.4, -0.2) is 15.0 Å². The molecule has 0 heterocycles. The largest absolute Gasteiger partial charge is 0.491 e. The molecule has 23 heavy (non-hydrogen) atoms. The molecule has 0 unspecified atom stereocenters. The predicted octanol–water partition coefficient (Wildman–Crippen LogP) is 3.98. The standard InChI is InChI=1S/C17H20FNO3S/c1-3-5-13-6-9-15(10-7-13)23(20,21)19-14-8-11-17(22-4-2)16(18)12-14/h6-12,19H,3-5H2,1-2H3. The highest BCUT2D eigenvalue weighted by molar-refractivity contribution is 7.92. The number of halogens is 1. The molecule has 0 spiro atoms.